The number of carbonyl (C=O) groups is 2. The molecule has 0 bridgehead atoms. The molecule has 1 fully saturated rings. The average molecular weight is 437 g/mol. The Kier molecular flexibility index (Phi) is 7.43. The van der Waals surface area contributed by atoms with E-state index < -0.39 is 0 Å². The van der Waals surface area contributed by atoms with Crippen LogP contribution in [0.4, 0.5) is 0 Å². The van der Waals surface area contributed by atoms with Crippen LogP contribution in [0.25, 0.3) is 0 Å². The minimum atomic E-state index is -0.123. The Balaban J connectivity index is 1.19. The molecule has 0 radical (unpaired) electrons. The van der Waals surface area contributed by atoms with Crippen LogP contribution >= 0.6 is 0 Å². The van der Waals surface area contributed by atoms with Gasteiger partial charge in [0, 0.05) is 31.5 Å². The summed E-state index contributed by atoms with van der Waals surface area (Å²) in [4.78, 5) is 27.2. The summed E-state index contributed by atoms with van der Waals surface area (Å²) in [5, 5.41) is 2.92. The third-order valence-electron chi connectivity index (χ3n) is 6.24. The van der Waals surface area contributed by atoms with Gasteiger partial charge >= 0.3 is 0 Å². The first kappa shape index (κ1) is 22.3. The van der Waals surface area contributed by atoms with Crippen LogP contribution in [0.3, 0.4) is 0 Å². The number of hydrogen-bond donors (Lipinski definition) is 1. The van der Waals surface area contributed by atoms with Gasteiger partial charge in [-0.05, 0) is 61.2 Å². The SMILES string of the molecule is CC1CCN(Cc2ccc(CNC(=O)CCC(=O)c3ccc4c(c3)OCCO4)cc2)CC1. The van der Waals surface area contributed by atoms with Gasteiger partial charge in [0.2, 0.25) is 5.91 Å². The summed E-state index contributed by atoms with van der Waals surface area (Å²) in [5.74, 6) is 1.89. The maximum Gasteiger partial charge on any atom is 0.220 e. The number of nitrogens with zero attached hydrogens (tertiary/aromatic N) is 1. The molecule has 0 aromatic heterocycles. The van der Waals surface area contributed by atoms with Gasteiger partial charge in [0.05, 0.1) is 0 Å². The summed E-state index contributed by atoms with van der Waals surface area (Å²) in [6.07, 6.45) is 2.89. The van der Waals surface area contributed by atoms with E-state index in [0.29, 0.717) is 36.8 Å². The van der Waals surface area contributed by atoms with Crippen molar-refractivity contribution in [3.63, 3.8) is 0 Å². The highest BCUT2D eigenvalue weighted by Gasteiger charge is 2.17. The molecule has 0 atom stereocenters. The van der Waals surface area contributed by atoms with Gasteiger partial charge in [0.1, 0.15) is 13.2 Å². The number of ether oxygens (including phenoxy) is 2. The van der Waals surface area contributed by atoms with Crippen LogP contribution in [0.15, 0.2) is 42.5 Å². The molecule has 6 heteroatoms. The molecule has 170 valence electrons. The van der Waals surface area contributed by atoms with Crippen LogP contribution in [0, 0.1) is 5.92 Å². The number of benzene rings is 2. The van der Waals surface area contributed by atoms with Crippen molar-refractivity contribution in [2.45, 2.75) is 45.7 Å². The molecule has 2 aromatic rings. The second kappa shape index (κ2) is 10.6. The van der Waals surface area contributed by atoms with E-state index in [-0.39, 0.29) is 24.5 Å². The maximum absolute atomic E-state index is 12.4. The second-order valence-corrected chi connectivity index (χ2v) is 8.83. The highest BCUT2D eigenvalue weighted by molar-refractivity contribution is 5.98. The van der Waals surface area contributed by atoms with Crippen LogP contribution in [0.2, 0.25) is 0 Å². The largest absolute Gasteiger partial charge is 0.486 e. The maximum atomic E-state index is 12.4. The molecule has 0 aliphatic carbocycles. The van der Waals surface area contributed by atoms with Gasteiger partial charge in [-0.2, -0.15) is 0 Å². The van der Waals surface area contributed by atoms with Gasteiger partial charge in [0.15, 0.2) is 17.3 Å². The first-order valence-electron chi connectivity index (χ1n) is 11.6. The van der Waals surface area contributed by atoms with Crippen LogP contribution in [-0.2, 0) is 17.9 Å². The van der Waals surface area contributed by atoms with Crippen molar-refractivity contribution in [2.75, 3.05) is 26.3 Å². The van der Waals surface area contributed by atoms with Crippen molar-refractivity contribution in [1.82, 2.24) is 10.2 Å². The van der Waals surface area contributed by atoms with Gasteiger partial charge in [-0.3, -0.25) is 14.5 Å². The van der Waals surface area contributed by atoms with E-state index in [4.69, 9.17) is 9.47 Å². The Morgan fingerprint density at radius 3 is 2.38 bits per heavy atom. The normalized spacial score (nSPS) is 16.5. The number of ketones is 1. The minimum Gasteiger partial charge on any atom is -0.486 e. The summed E-state index contributed by atoms with van der Waals surface area (Å²) in [7, 11) is 0. The Labute approximate surface area is 189 Å². The molecular formula is C26H32N2O4. The van der Waals surface area contributed by atoms with Crippen molar-refractivity contribution in [2.24, 2.45) is 5.92 Å². The zero-order valence-electron chi connectivity index (χ0n) is 18.8. The van der Waals surface area contributed by atoms with Gasteiger partial charge in [0.25, 0.3) is 0 Å². The number of piperidine rings is 1. The molecule has 0 spiro atoms. The van der Waals surface area contributed by atoms with Crippen molar-refractivity contribution in [1.29, 1.82) is 0 Å². The van der Waals surface area contributed by atoms with E-state index in [1.54, 1.807) is 18.2 Å². The molecule has 1 saturated heterocycles. The van der Waals surface area contributed by atoms with Gasteiger partial charge < -0.3 is 14.8 Å². The molecule has 2 aliphatic heterocycles. The summed E-state index contributed by atoms with van der Waals surface area (Å²) >= 11 is 0. The first-order valence-corrected chi connectivity index (χ1v) is 11.6. The molecule has 32 heavy (non-hydrogen) atoms. The number of rotatable bonds is 8. The van der Waals surface area contributed by atoms with Gasteiger partial charge in [-0.1, -0.05) is 31.2 Å². The van der Waals surface area contributed by atoms with E-state index in [1.165, 1.54) is 31.5 Å². The average Bonchev–Trinajstić information content (AvgIpc) is 2.83. The quantitative estimate of drug-likeness (QED) is 0.635. The fraction of sp³-hybridized carbons (Fsp3) is 0.462. The third-order valence-corrected chi connectivity index (χ3v) is 6.24. The lowest BCUT2D eigenvalue weighted by atomic mass is 9.99. The van der Waals surface area contributed by atoms with Crippen LogP contribution < -0.4 is 14.8 Å². The molecule has 6 nitrogen and oxygen atoms in total. The molecular weight excluding hydrogens is 404 g/mol. The fourth-order valence-electron chi connectivity index (χ4n) is 4.12. The van der Waals surface area contributed by atoms with E-state index in [2.05, 4.69) is 41.4 Å². The molecule has 2 aliphatic rings. The molecule has 1 amide bonds. The summed E-state index contributed by atoms with van der Waals surface area (Å²) in [5.41, 5.74) is 2.91. The highest BCUT2D eigenvalue weighted by atomic mass is 16.6. The molecule has 0 unspecified atom stereocenters. The number of nitrogens with one attached hydrogen (secondary N) is 1. The Morgan fingerprint density at radius 2 is 1.62 bits per heavy atom. The lowest BCUT2D eigenvalue weighted by molar-refractivity contribution is -0.121. The highest BCUT2D eigenvalue weighted by Crippen LogP contribution is 2.31. The molecule has 2 aromatic carbocycles. The molecule has 2 heterocycles. The van der Waals surface area contributed by atoms with E-state index in [9.17, 15) is 9.59 Å². The molecule has 1 N–H and O–H groups in total. The predicted octanol–water partition coefficient (Wildman–Crippen LogP) is 3.97. The lowest BCUT2D eigenvalue weighted by Gasteiger charge is -2.30. The Hall–Kier alpha value is -2.86. The number of hydrogen-bond acceptors (Lipinski definition) is 5. The third kappa shape index (κ3) is 6.10. The van der Waals surface area contributed by atoms with E-state index in [1.807, 2.05) is 0 Å². The molecule has 4 rings (SSSR count). The zero-order valence-corrected chi connectivity index (χ0v) is 18.8. The first-order chi connectivity index (χ1) is 15.6. The number of fused-ring (bicyclic) bond motifs is 1. The molecule has 0 saturated carbocycles. The van der Waals surface area contributed by atoms with E-state index >= 15 is 0 Å². The smallest absolute Gasteiger partial charge is 0.220 e. The van der Waals surface area contributed by atoms with Crippen molar-refractivity contribution >= 4 is 11.7 Å². The number of likely N-dealkylation sites (tertiary alicyclic amines) is 1. The van der Waals surface area contributed by atoms with Crippen molar-refractivity contribution < 1.29 is 19.1 Å². The summed E-state index contributed by atoms with van der Waals surface area (Å²) < 4.78 is 11.0. The Morgan fingerprint density at radius 1 is 0.938 bits per heavy atom. The Bertz CT molecular complexity index is 933. The van der Waals surface area contributed by atoms with Crippen LogP contribution in [0.5, 0.6) is 11.5 Å². The van der Waals surface area contributed by atoms with Gasteiger partial charge in [-0.25, -0.2) is 0 Å². The number of carbonyl (C=O) groups excluding carboxylic acids is 2. The summed E-state index contributed by atoms with van der Waals surface area (Å²) in [6.45, 7) is 7.12. The van der Waals surface area contributed by atoms with Gasteiger partial charge in [-0.15, -0.1) is 0 Å². The standard InChI is InChI=1S/C26H32N2O4/c1-19-10-12-28(13-11-19)18-21-4-2-20(3-5-21)17-27-26(30)9-7-23(29)22-6-8-24-25(16-22)32-15-14-31-24/h2-6,8,16,19H,7,9-15,17-18H2,1H3,(H,27,30). The minimum absolute atomic E-state index is 0.0754. The lowest BCUT2D eigenvalue weighted by Crippen LogP contribution is -2.32. The number of amides is 1. The topological polar surface area (TPSA) is 67.9 Å². The van der Waals surface area contributed by atoms with Crippen molar-refractivity contribution in [3.8, 4) is 11.5 Å². The zero-order chi connectivity index (χ0) is 22.3. The monoisotopic (exact) mass is 436 g/mol. The van der Waals surface area contributed by atoms with Crippen LogP contribution in [0.1, 0.15) is 54.1 Å². The van der Waals surface area contributed by atoms with Crippen molar-refractivity contribution in [3.05, 3.63) is 59.2 Å². The van der Waals surface area contributed by atoms with E-state index in [0.717, 1.165) is 18.0 Å². The second-order valence-electron chi connectivity index (χ2n) is 8.83. The summed E-state index contributed by atoms with van der Waals surface area (Å²) in [6, 6.07) is 13.6. The fourth-order valence-corrected chi connectivity index (χ4v) is 4.12. The van der Waals surface area contributed by atoms with Crippen LogP contribution in [-0.4, -0.2) is 42.9 Å². The predicted molar refractivity (Wildman–Crippen MR) is 123 cm³/mol. The number of Topliss-reactive ketones (excluding diaryl/α,β-unsaturated/α-hetero) is 1.